The number of azo groups is 1. The zero-order valence-corrected chi connectivity index (χ0v) is 16.2. The first kappa shape index (κ1) is 21.3. The average molecular weight is 443 g/mol. The second-order valence-electron chi connectivity index (χ2n) is 6.11. The van der Waals surface area contributed by atoms with Gasteiger partial charge in [-0.25, -0.2) is 4.79 Å². The number of non-ortho nitro benzene ring substituents is 1. The van der Waals surface area contributed by atoms with E-state index in [0.717, 1.165) is 12.1 Å². The molecule has 158 valence electrons. The molecule has 3 aromatic rings. The van der Waals surface area contributed by atoms with Crippen molar-refractivity contribution in [1.29, 1.82) is 0 Å². The van der Waals surface area contributed by atoms with E-state index >= 15 is 0 Å². The third kappa shape index (κ3) is 4.79. The van der Waals surface area contributed by atoms with Crippen LogP contribution in [-0.4, -0.2) is 16.0 Å². The number of carboxylic acids is 1. The number of benzene rings is 3. The van der Waals surface area contributed by atoms with Crippen molar-refractivity contribution < 1.29 is 24.7 Å². The van der Waals surface area contributed by atoms with Gasteiger partial charge in [-0.3, -0.25) is 10.1 Å². The van der Waals surface area contributed by atoms with Crippen LogP contribution in [0.5, 0.6) is 17.2 Å². The largest absolute Gasteiger partial charge is 0.870 e. The van der Waals surface area contributed by atoms with E-state index in [-0.39, 0.29) is 39.1 Å². The summed E-state index contributed by atoms with van der Waals surface area (Å²) < 4.78 is 5.64. The summed E-state index contributed by atoms with van der Waals surface area (Å²) in [5.41, 5.74) is 11.5. The first-order chi connectivity index (χ1) is 14.7. The minimum atomic E-state index is -1.08. The maximum Gasteiger partial charge on any atom is 0.335 e. The summed E-state index contributed by atoms with van der Waals surface area (Å²) in [7, 11) is 0. The van der Waals surface area contributed by atoms with Gasteiger partial charge < -0.3 is 26.4 Å². The van der Waals surface area contributed by atoms with Crippen molar-refractivity contribution in [3.05, 3.63) is 69.2 Å². The predicted molar refractivity (Wildman–Crippen MR) is 110 cm³/mol. The second-order valence-corrected chi connectivity index (χ2v) is 6.52. The number of carboxylic acid groups (broad SMARTS) is 1. The molecule has 0 aliphatic carbocycles. The number of nitrogen functional groups attached to an aromatic ring is 2. The number of aromatic carboxylic acids is 1. The van der Waals surface area contributed by atoms with Crippen molar-refractivity contribution in [1.82, 2.24) is 0 Å². The molecule has 11 nitrogen and oxygen atoms in total. The number of ether oxygens (including phenoxy) is 1. The Kier molecular flexibility index (Phi) is 5.88. The van der Waals surface area contributed by atoms with Crippen molar-refractivity contribution in [2.75, 3.05) is 11.5 Å². The molecule has 0 heterocycles. The molecule has 0 atom stereocenters. The lowest BCUT2D eigenvalue weighted by atomic mass is 10.2. The van der Waals surface area contributed by atoms with Crippen LogP contribution in [0.4, 0.5) is 28.4 Å². The number of nitrogens with zero attached hydrogens (tertiary/aromatic N) is 3. The van der Waals surface area contributed by atoms with Crippen molar-refractivity contribution in [3.8, 4) is 17.2 Å². The van der Waals surface area contributed by atoms with Crippen molar-refractivity contribution in [3.63, 3.8) is 0 Å². The predicted octanol–water partition coefficient (Wildman–Crippen LogP) is 4.39. The normalized spacial score (nSPS) is 10.9. The topological polar surface area (TPSA) is 189 Å². The van der Waals surface area contributed by atoms with Gasteiger partial charge >= 0.3 is 5.97 Å². The van der Waals surface area contributed by atoms with E-state index in [9.17, 15) is 20.0 Å². The third-order valence-corrected chi connectivity index (χ3v) is 4.25. The maximum atomic E-state index is 12.1. The summed E-state index contributed by atoms with van der Waals surface area (Å²) in [4.78, 5) is 21.2. The maximum absolute atomic E-state index is 12.1. The molecule has 0 amide bonds. The molecule has 3 aromatic carbocycles. The summed E-state index contributed by atoms with van der Waals surface area (Å²) in [5.74, 6) is -1.37. The third-order valence-electron chi connectivity index (χ3n) is 3.97. The molecule has 0 aliphatic heterocycles. The van der Waals surface area contributed by atoms with Crippen LogP contribution >= 0.6 is 11.6 Å². The Morgan fingerprint density at radius 1 is 1.03 bits per heavy atom. The highest BCUT2D eigenvalue weighted by Gasteiger charge is 2.12. The van der Waals surface area contributed by atoms with E-state index in [0.29, 0.717) is 5.75 Å². The van der Waals surface area contributed by atoms with Gasteiger partial charge in [0.1, 0.15) is 11.4 Å². The van der Waals surface area contributed by atoms with Gasteiger partial charge in [-0.2, -0.15) is 5.11 Å². The molecule has 0 radical (unpaired) electrons. The molecular weight excluding hydrogens is 430 g/mol. The summed E-state index contributed by atoms with van der Waals surface area (Å²) >= 11 is 5.73. The van der Waals surface area contributed by atoms with Crippen LogP contribution in [0, 0.1) is 10.1 Å². The van der Waals surface area contributed by atoms with Crippen LogP contribution < -0.4 is 21.3 Å². The van der Waals surface area contributed by atoms with Gasteiger partial charge in [-0.1, -0.05) is 17.4 Å². The van der Waals surface area contributed by atoms with Crippen LogP contribution in [0.3, 0.4) is 0 Å². The van der Waals surface area contributed by atoms with Crippen LogP contribution in [0.25, 0.3) is 0 Å². The van der Waals surface area contributed by atoms with Crippen LogP contribution in [0.1, 0.15) is 10.4 Å². The van der Waals surface area contributed by atoms with E-state index in [2.05, 4.69) is 10.2 Å². The molecule has 31 heavy (non-hydrogen) atoms. The molecule has 0 saturated carbocycles. The van der Waals surface area contributed by atoms with Gasteiger partial charge in [0.25, 0.3) is 5.69 Å². The minimum absolute atomic E-state index is 0.0772. The smallest absolute Gasteiger partial charge is 0.335 e. The Labute approximate surface area is 179 Å². The fourth-order valence-electron chi connectivity index (χ4n) is 2.42. The highest BCUT2D eigenvalue weighted by atomic mass is 35.5. The number of nitro groups is 1. The molecule has 0 unspecified atom stereocenters. The summed E-state index contributed by atoms with van der Waals surface area (Å²) in [6, 6.07) is 10.1. The highest BCUT2D eigenvalue weighted by molar-refractivity contribution is 6.32. The van der Waals surface area contributed by atoms with Gasteiger partial charge in [0.05, 0.1) is 27.5 Å². The summed E-state index contributed by atoms with van der Waals surface area (Å²) in [6.45, 7) is 0. The highest BCUT2D eigenvalue weighted by Crippen LogP contribution is 2.39. The molecule has 0 aliphatic rings. The molecule has 0 aromatic heterocycles. The Bertz CT molecular complexity index is 1210. The lowest BCUT2D eigenvalue weighted by Gasteiger charge is -2.12. The Morgan fingerprint density at radius 2 is 1.68 bits per heavy atom. The number of halogens is 1. The molecule has 5 N–H and O–H groups in total. The van der Waals surface area contributed by atoms with Gasteiger partial charge in [0.15, 0.2) is 5.75 Å². The molecule has 0 bridgehead atoms. The van der Waals surface area contributed by atoms with E-state index in [1.807, 2.05) is 0 Å². The molecule has 0 spiro atoms. The number of rotatable bonds is 6. The lowest BCUT2D eigenvalue weighted by Crippen LogP contribution is -1.97. The standard InChI is InChI=1S/C19H14ClN5O6/c20-12-5-10(25(29)30)6-16(18(12)26)24-23-15-8-17(14(22)7-13(15)21)31-11-3-1-9(2-4-11)19(27)28/h1-8,26H,21-22H2,(H,27,28)/p-1. The van der Waals surface area contributed by atoms with E-state index in [1.165, 1.54) is 36.4 Å². The average Bonchev–Trinajstić information content (AvgIpc) is 2.72. The molecule has 12 heteroatoms. The summed E-state index contributed by atoms with van der Waals surface area (Å²) in [5, 5.41) is 39.2. The number of nitrogens with two attached hydrogens (primary N) is 2. The first-order valence-electron chi connectivity index (χ1n) is 8.42. The van der Waals surface area contributed by atoms with Crippen molar-refractivity contribution in [2.45, 2.75) is 0 Å². The fraction of sp³-hybridized carbons (Fsp3) is 0. The van der Waals surface area contributed by atoms with Crippen LogP contribution in [0.15, 0.2) is 58.8 Å². The monoisotopic (exact) mass is 442 g/mol. The SMILES string of the molecule is Nc1cc(N)c(Oc2ccc(C(=O)O)cc2)cc1N=Nc1cc([N+](=O)[O-])cc(Cl)c1[O-]. The summed E-state index contributed by atoms with van der Waals surface area (Å²) in [6.07, 6.45) is 0. The number of carbonyl (C=O) groups is 1. The second kappa shape index (κ2) is 8.55. The molecule has 0 fully saturated rings. The van der Waals surface area contributed by atoms with Crippen molar-refractivity contribution in [2.24, 2.45) is 10.2 Å². The molecule has 3 rings (SSSR count). The van der Waals surface area contributed by atoms with Crippen molar-refractivity contribution >= 4 is 46.0 Å². The van der Waals surface area contributed by atoms with Gasteiger partial charge in [0.2, 0.25) is 0 Å². The molecular formula is C19H13ClN5O6-. The number of anilines is 2. The first-order valence-corrected chi connectivity index (χ1v) is 8.80. The van der Waals surface area contributed by atoms with E-state index < -0.39 is 22.3 Å². The fourth-order valence-corrected chi connectivity index (χ4v) is 2.63. The van der Waals surface area contributed by atoms with Gasteiger partial charge in [0, 0.05) is 23.2 Å². The van der Waals surface area contributed by atoms with Gasteiger partial charge in [-0.15, -0.1) is 5.11 Å². The van der Waals surface area contributed by atoms with Crippen LogP contribution in [0.2, 0.25) is 5.02 Å². The Morgan fingerprint density at radius 3 is 2.29 bits per heavy atom. The van der Waals surface area contributed by atoms with Gasteiger partial charge in [-0.05, 0) is 30.3 Å². The number of nitro benzene ring substituents is 1. The zero-order chi connectivity index (χ0) is 22.7. The minimum Gasteiger partial charge on any atom is -0.870 e. The quantitative estimate of drug-likeness (QED) is 0.216. The number of hydrogen-bond donors (Lipinski definition) is 3. The van der Waals surface area contributed by atoms with E-state index in [1.54, 1.807) is 0 Å². The zero-order valence-electron chi connectivity index (χ0n) is 15.5. The Balaban J connectivity index is 1.93. The molecule has 0 saturated heterocycles. The Hall–Kier alpha value is -4.38. The lowest BCUT2D eigenvalue weighted by molar-refractivity contribution is -0.385. The van der Waals surface area contributed by atoms with E-state index in [4.69, 9.17) is 32.9 Å². The van der Waals surface area contributed by atoms with Crippen LogP contribution in [-0.2, 0) is 0 Å². The number of hydrogen-bond acceptors (Lipinski definition) is 9.